The molecule has 9 heteroatoms. The molecule has 3 aromatic carbocycles. The Bertz CT molecular complexity index is 1880. The van der Waals surface area contributed by atoms with Crippen molar-refractivity contribution in [2.75, 3.05) is 20.8 Å². The Labute approximate surface area is 233 Å². The summed E-state index contributed by atoms with van der Waals surface area (Å²) in [5, 5.41) is 2.31. The van der Waals surface area contributed by atoms with Crippen molar-refractivity contribution >= 4 is 45.8 Å². The van der Waals surface area contributed by atoms with Crippen LogP contribution < -0.4 is 24.4 Å². The van der Waals surface area contributed by atoms with Crippen LogP contribution in [0.2, 0.25) is 5.02 Å². The number of methoxy groups -OCH3 is 2. The molecule has 0 saturated heterocycles. The zero-order valence-corrected chi connectivity index (χ0v) is 22.9. The van der Waals surface area contributed by atoms with Crippen molar-refractivity contribution in [3.05, 3.63) is 102 Å². The molecule has 0 radical (unpaired) electrons. The highest BCUT2D eigenvalue weighted by molar-refractivity contribution is 7.07. The number of carbonyl (C=O) groups is 1. The van der Waals surface area contributed by atoms with Crippen LogP contribution in [0.1, 0.15) is 24.1 Å². The van der Waals surface area contributed by atoms with Crippen molar-refractivity contribution in [2.24, 2.45) is 4.99 Å². The first-order chi connectivity index (χ1) is 18.9. The van der Waals surface area contributed by atoms with Gasteiger partial charge in [-0.15, -0.1) is 6.42 Å². The molecule has 1 aliphatic heterocycles. The fraction of sp³-hybridized carbons (Fsp3) is 0.167. The van der Waals surface area contributed by atoms with Gasteiger partial charge in [0.2, 0.25) is 0 Å². The molecule has 1 aromatic heterocycles. The molecule has 2 heterocycles. The highest BCUT2D eigenvalue weighted by atomic mass is 35.5. The smallest absolute Gasteiger partial charge is 0.338 e. The molecule has 0 bridgehead atoms. The summed E-state index contributed by atoms with van der Waals surface area (Å²) < 4.78 is 18.4. The molecule has 0 unspecified atom stereocenters. The maximum Gasteiger partial charge on any atom is 0.338 e. The molecule has 0 N–H and O–H groups in total. The first kappa shape index (κ1) is 26.3. The van der Waals surface area contributed by atoms with E-state index in [9.17, 15) is 9.59 Å². The third kappa shape index (κ3) is 4.71. The van der Waals surface area contributed by atoms with Crippen molar-refractivity contribution in [1.29, 1.82) is 0 Å². The van der Waals surface area contributed by atoms with E-state index in [4.69, 9.17) is 32.2 Å². The van der Waals surface area contributed by atoms with Gasteiger partial charge in [0.25, 0.3) is 5.56 Å². The third-order valence-electron chi connectivity index (χ3n) is 6.43. The lowest BCUT2D eigenvalue weighted by atomic mass is 9.95. The van der Waals surface area contributed by atoms with Gasteiger partial charge in [0.1, 0.15) is 24.1 Å². The molecular weight excluding hydrogens is 536 g/mol. The molecule has 0 aliphatic carbocycles. The lowest BCUT2D eigenvalue weighted by molar-refractivity contribution is -0.136. The molecule has 5 rings (SSSR count). The topological polar surface area (TPSA) is 79.1 Å². The van der Waals surface area contributed by atoms with E-state index >= 15 is 0 Å². The number of carbonyl (C=O) groups excluding carboxylic acids is 1. The van der Waals surface area contributed by atoms with E-state index in [0.29, 0.717) is 37.1 Å². The average molecular weight is 559 g/mol. The number of allylic oxidation sites excluding steroid dienone is 1. The maximum absolute atomic E-state index is 14.1. The second-order valence-corrected chi connectivity index (χ2v) is 10.1. The molecular formula is C30H23ClN2O5S. The van der Waals surface area contributed by atoms with E-state index in [1.165, 1.54) is 30.1 Å². The van der Waals surface area contributed by atoms with Crippen LogP contribution in [0.25, 0.3) is 16.8 Å². The minimum Gasteiger partial charge on any atom is -0.496 e. The number of esters is 1. The van der Waals surface area contributed by atoms with Crippen LogP contribution in [0, 0.1) is 12.3 Å². The second-order valence-electron chi connectivity index (χ2n) is 8.65. The lowest BCUT2D eigenvalue weighted by Crippen LogP contribution is -2.40. The maximum atomic E-state index is 14.1. The zero-order chi connectivity index (χ0) is 27.7. The van der Waals surface area contributed by atoms with Gasteiger partial charge in [-0.25, -0.2) is 9.79 Å². The minimum absolute atomic E-state index is 0.0800. The van der Waals surface area contributed by atoms with Crippen molar-refractivity contribution in [3.63, 3.8) is 0 Å². The first-order valence-electron chi connectivity index (χ1n) is 11.9. The number of aromatic nitrogens is 1. The molecule has 196 valence electrons. The fourth-order valence-corrected chi connectivity index (χ4v) is 5.92. The summed E-state index contributed by atoms with van der Waals surface area (Å²) in [5.74, 6) is 2.90. The van der Waals surface area contributed by atoms with Gasteiger partial charge in [-0.05, 0) is 48.0 Å². The molecule has 0 amide bonds. The quantitative estimate of drug-likeness (QED) is 0.261. The third-order valence-corrected chi connectivity index (χ3v) is 7.65. The summed E-state index contributed by atoms with van der Waals surface area (Å²) in [4.78, 5) is 32.1. The number of rotatable bonds is 6. The van der Waals surface area contributed by atoms with Crippen LogP contribution >= 0.6 is 22.9 Å². The highest BCUT2D eigenvalue weighted by Crippen LogP contribution is 2.37. The van der Waals surface area contributed by atoms with E-state index in [1.807, 2.05) is 36.4 Å². The number of hydrogen-bond acceptors (Lipinski definition) is 7. The Morgan fingerprint density at radius 3 is 2.69 bits per heavy atom. The normalized spacial score (nSPS) is 14.9. The predicted octanol–water partition coefficient (Wildman–Crippen LogP) is 4.24. The Kier molecular flexibility index (Phi) is 7.29. The molecule has 1 atom stereocenters. The Morgan fingerprint density at radius 2 is 1.95 bits per heavy atom. The monoisotopic (exact) mass is 558 g/mol. The fourth-order valence-electron chi connectivity index (χ4n) is 4.71. The standard InChI is InChI=1S/C30H23ClN2O5S/c1-5-14-38-24-12-10-18-8-6-7-9-20(18)21(24)16-25-28(34)33-27(22-15-19(31)11-13-23(22)36-3)26(29(35)37-4)17(2)32-30(33)39-25/h1,6-13,15-16,27H,14H2,2-4H3/b25-16-/t27-/m1/s1. The average Bonchev–Trinajstić information content (AvgIpc) is 3.25. The summed E-state index contributed by atoms with van der Waals surface area (Å²) in [6.07, 6.45) is 7.22. The van der Waals surface area contributed by atoms with E-state index < -0.39 is 12.0 Å². The van der Waals surface area contributed by atoms with Gasteiger partial charge < -0.3 is 14.2 Å². The molecule has 4 aromatic rings. The number of thiazole rings is 1. The Balaban J connectivity index is 1.82. The summed E-state index contributed by atoms with van der Waals surface area (Å²) in [6, 6.07) is 15.8. The van der Waals surface area contributed by atoms with Gasteiger partial charge in [0.15, 0.2) is 4.80 Å². The molecule has 7 nitrogen and oxygen atoms in total. The minimum atomic E-state index is -0.867. The summed E-state index contributed by atoms with van der Waals surface area (Å²) >= 11 is 7.57. The van der Waals surface area contributed by atoms with E-state index in [-0.39, 0.29) is 17.7 Å². The largest absolute Gasteiger partial charge is 0.496 e. The van der Waals surface area contributed by atoms with Crippen molar-refractivity contribution < 1.29 is 19.0 Å². The van der Waals surface area contributed by atoms with Crippen LogP contribution in [0.5, 0.6) is 11.5 Å². The highest BCUT2D eigenvalue weighted by Gasteiger charge is 2.35. The molecule has 0 spiro atoms. The number of hydrogen-bond donors (Lipinski definition) is 0. The van der Waals surface area contributed by atoms with Crippen LogP contribution in [0.3, 0.4) is 0 Å². The van der Waals surface area contributed by atoms with Crippen LogP contribution in [0.4, 0.5) is 0 Å². The van der Waals surface area contributed by atoms with E-state index in [1.54, 1.807) is 31.2 Å². The van der Waals surface area contributed by atoms with Gasteiger partial charge >= 0.3 is 5.97 Å². The lowest BCUT2D eigenvalue weighted by Gasteiger charge is -2.25. The van der Waals surface area contributed by atoms with Gasteiger partial charge in [-0.2, -0.15) is 0 Å². The SMILES string of the molecule is C#CCOc1ccc2ccccc2c1/C=c1\sc2n(c1=O)[C@H](c1cc(Cl)ccc1OC)C(C(=O)OC)=C(C)N=2. The zero-order valence-electron chi connectivity index (χ0n) is 21.4. The number of benzene rings is 3. The summed E-state index contributed by atoms with van der Waals surface area (Å²) in [7, 11) is 2.81. The predicted molar refractivity (Wildman–Crippen MR) is 152 cm³/mol. The number of ether oxygens (including phenoxy) is 3. The molecule has 1 aliphatic rings. The van der Waals surface area contributed by atoms with E-state index in [2.05, 4.69) is 10.9 Å². The summed E-state index contributed by atoms with van der Waals surface area (Å²) in [6.45, 7) is 1.79. The van der Waals surface area contributed by atoms with Gasteiger partial charge in [-0.3, -0.25) is 9.36 Å². The Hall–Kier alpha value is -4.32. The first-order valence-corrected chi connectivity index (χ1v) is 13.1. The van der Waals surface area contributed by atoms with Gasteiger partial charge in [0, 0.05) is 16.1 Å². The van der Waals surface area contributed by atoms with Gasteiger partial charge in [0.05, 0.1) is 30.0 Å². The molecule has 0 saturated carbocycles. The van der Waals surface area contributed by atoms with Crippen LogP contribution in [-0.2, 0) is 9.53 Å². The second kappa shape index (κ2) is 10.8. The van der Waals surface area contributed by atoms with Crippen molar-refractivity contribution in [3.8, 4) is 23.8 Å². The molecule has 39 heavy (non-hydrogen) atoms. The number of fused-ring (bicyclic) bond motifs is 2. The number of nitrogens with zero attached hydrogens (tertiary/aromatic N) is 2. The Morgan fingerprint density at radius 1 is 1.18 bits per heavy atom. The van der Waals surface area contributed by atoms with Gasteiger partial charge in [-0.1, -0.05) is 59.2 Å². The van der Waals surface area contributed by atoms with Crippen molar-refractivity contribution in [2.45, 2.75) is 13.0 Å². The number of terminal acetylenes is 1. The van der Waals surface area contributed by atoms with Crippen molar-refractivity contribution in [1.82, 2.24) is 4.57 Å². The van der Waals surface area contributed by atoms with Crippen LogP contribution in [-0.4, -0.2) is 31.4 Å². The summed E-state index contributed by atoms with van der Waals surface area (Å²) in [5.41, 5.74) is 1.57. The molecule has 0 fully saturated rings. The number of halogens is 1. The van der Waals surface area contributed by atoms with E-state index in [0.717, 1.165) is 16.3 Å². The van der Waals surface area contributed by atoms with Crippen LogP contribution in [0.15, 0.2) is 75.7 Å².